The van der Waals surface area contributed by atoms with Crippen LogP contribution in [0.1, 0.15) is 5.56 Å². The smallest absolute Gasteiger partial charge is 0.346 e. The van der Waals surface area contributed by atoms with Gasteiger partial charge in [-0.15, -0.1) is 0 Å². The first-order chi connectivity index (χ1) is 12.1. The Morgan fingerprint density at radius 3 is 2.52 bits per heavy atom. The third-order valence-electron chi connectivity index (χ3n) is 3.20. The quantitative estimate of drug-likeness (QED) is 0.451. The Hall–Kier alpha value is -3.46. The fourth-order valence-corrected chi connectivity index (χ4v) is 2.05. The highest BCUT2D eigenvalue weighted by atomic mass is 16.5. The van der Waals surface area contributed by atoms with E-state index in [0.717, 1.165) is 0 Å². The number of rotatable bonds is 8. The second kappa shape index (κ2) is 8.99. The third-order valence-corrected chi connectivity index (χ3v) is 3.20. The predicted molar refractivity (Wildman–Crippen MR) is 91.7 cm³/mol. The first kappa shape index (κ1) is 17.9. The van der Waals surface area contributed by atoms with Gasteiger partial charge in [-0.25, -0.2) is 4.79 Å². The Morgan fingerprint density at radius 1 is 1.12 bits per heavy atom. The molecule has 0 spiro atoms. The molecule has 0 saturated carbocycles. The van der Waals surface area contributed by atoms with Crippen LogP contribution in [0.2, 0.25) is 0 Å². The van der Waals surface area contributed by atoms with E-state index in [-0.39, 0.29) is 5.57 Å². The molecule has 0 atom stereocenters. The standard InChI is InChI=1S/C19H17NO5/c1-23-17-7-2-3-8-18(17)25-10-9-24-16-6-4-5-14(12-16)11-15(13-20)19(21)22/h2-8,11-12H,9-10H2,1H3,(H,21,22). The van der Waals surface area contributed by atoms with Crippen molar-refractivity contribution in [3.8, 4) is 23.3 Å². The zero-order valence-electron chi connectivity index (χ0n) is 13.6. The number of aliphatic carboxylic acids is 1. The van der Waals surface area contributed by atoms with Gasteiger partial charge in [0.25, 0.3) is 0 Å². The Kier molecular flexibility index (Phi) is 6.43. The summed E-state index contributed by atoms with van der Waals surface area (Å²) in [5, 5.41) is 17.7. The van der Waals surface area contributed by atoms with Gasteiger partial charge < -0.3 is 19.3 Å². The van der Waals surface area contributed by atoms with E-state index >= 15 is 0 Å². The summed E-state index contributed by atoms with van der Waals surface area (Å²) in [6, 6.07) is 15.8. The molecule has 6 heteroatoms. The average molecular weight is 339 g/mol. The van der Waals surface area contributed by atoms with Gasteiger partial charge in [0.05, 0.1) is 7.11 Å². The summed E-state index contributed by atoms with van der Waals surface area (Å²) in [7, 11) is 1.57. The molecule has 0 saturated heterocycles. The molecule has 0 radical (unpaired) electrons. The summed E-state index contributed by atoms with van der Waals surface area (Å²) in [6.45, 7) is 0.619. The van der Waals surface area contributed by atoms with Crippen molar-refractivity contribution in [2.45, 2.75) is 0 Å². The van der Waals surface area contributed by atoms with E-state index in [4.69, 9.17) is 24.6 Å². The van der Waals surface area contributed by atoms with E-state index in [1.807, 2.05) is 12.1 Å². The molecule has 0 unspecified atom stereocenters. The van der Waals surface area contributed by atoms with Crippen LogP contribution in [-0.4, -0.2) is 31.4 Å². The van der Waals surface area contributed by atoms with Crippen LogP contribution in [0.25, 0.3) is 6.08 Å². The van der Waals surface area contributed by atoms with Crippen LogP contribution in [-0.2, 0) is 4.79 Å². The molecule has 2 aromatic rings. The minimum absolute atomic E-state index is 0.301. The van der Waals surface area contributed by atoms with E-state index in [2.05, 4.69) is 0 Å². The van der Waals surface area contributed by atoms with Gasteiger partial charge in [0.2, 0.25) is 0 Å². The molecule has 6 nitrogen and oxygen atoms in total. The number of hydrogen-bond acceptors (Lipinski definition) is 5. The van der Waals surface area contributed by atoms with Crippen LogP contribution in [0.4, 0.5) is 0 Å². The number of para-hydroxylation sites is 2. The normalized spacial score (nSPS) is 10.6. The summed E-state index contributed by atoms with van der Waals surface area (Å²) in [6.07, 6.45) is 1.29. The molecular formula is C19H17NO5. The fraction of sp³-hybridized carbons (Fsp3) is 0.158. The topological polar surface area (TPSA) is 88.8 Å². The molecule has 128 valence electrons. The van der Waals surface area contributed by atoms with E-state index in [0.29, 0.717) is 36.0 Å². The summed E-state index contributed by atoms with van der Waals surface area (Å²) in [5.74, 6) is 0.567. The first-order valence-corrected chi connectivity index (χ1v) is 7.48. The van der Waals surface area contributed by atoms with Crippen molar-refractivity contribution >= 4 is 12.0 Å². The molecule has 2 aromatic carbocycles. The molecule has 1 N–H and O–H groups in total. The number of carbonyl (C=O) groups is 1. The van der Waals surface area contributed by atoms with Crippen molar-refractivity contribution in [1.29, 1.82) is 5.26 Å². The lowest BCUT2D eigenvalue weighted by Crippen LogP contribution is -2.09. The monoisotopic (exact) mass is 339 g/mol. The minimum Gasteiger partial charge on any atom is -0.493 e. The van der Waals surface area contributed by atoms with Gasteiger partial charge in [-0.1, -0.05) is 24.3 Å². The molecule has 0 aromatic heterocycles. The molecular weight excluding hydrogens is 322 g/mol. The van der Waals surface area contributed by atoms with Crippen molar-refractivity contribution in [2.24, 2.45) is 0 Å². The largest absolute Gasteiger partial charge is 0.493 e. The lowest BCUT2D eigenvalue weighted by atomic mass is 10.1. The number of nitrogens with zero attached hydrogens (tertiary/aromatic N) is 1. The highest BCUT2D eigenvalue weighted by molar-refractivity contribution is 5.96. The number of methoxy groups -OCH3 is 1. The van der Waals surface area contributed by atoms with Crippen LogP contribution < -0.4 is 14.2 Å². The Balaban J connectivity index is 1.93. The number of hydrogen-bond donors (Lipinski definition) is 1. The minimum atomic E-state index is -1.26. The summed E-state index contributed by atoms with van der Waals surface area (Å²) in [5.41, 5.74) is 0.235. The highest BCUT2D eigenvalue weighted by Gasteiger charge is 2.06. The maximum Gasteiger partial charge on any atom is 0.346 e. The van der Waals surface area contributed by atoms with Crippen molar-refractivity contribution in [3.63, 3.8) is 0 Å². The second-order valence-corrected chi connectivity index (χ2v) is 4.90. The molecule has 0 bridgehead atoms. The highest BCUT2D eigenvalue weighted by Crippen LogP contribution is 2.25. The summed E-state index contributed by atoms with van der Waals surface area (Å²) < 4.78 is 16.4. The van der Waals surface area contributed by atoms with E-state index in [1.165, 1.54) is 6.08 Å². The van der Waals surface area contributed by atoms with Gasteiger partial charge in [-0.3, -0.25) is 0 Å². The zero-order chi connectivity index (χ0) is 18.1. The van der Waals surface area contributed by atoms with Gasteiger partial charge in [-0.2, -0.15) is 5.26 Å². The van der Waals surface area contributed by atoms with Crippen molar-refractivity contribution in [2.75, 3.05) is 20.3 Å². The van der Waals surface area contributed by atoms with Crippen molar-refractivity contribution in [1.82, 2.24) is 0 Å². The Morgan fingerprint density at radius 2 is 1.84 bits per heavy atom. The maximum absolute atomic E-state index is 10.9. The van der Waals surface area contributed by atoms with Gasteiger partial charge in [0.1, 0.15) is 30.6 Å². The van der Waals surface area contributed by atoms with Crippen molar-refractivity contribution in [3.05, 3.63) is 59.7 Å². The molecule has 25 heavy (non-hydrogen) atoms. The number of nitriles is 1. The third kappa shape index (κ3) is 5.29. The Labute approximate surface area is 145 Å². The summed E-state index contributed by atoms with van der Waals surface area (Å²) >= 11 is 0. The molecule has 0 heterocycles. The van der Waals surface area contributed by atoms with Crippen LogP contribution in [0.15, 0.2) is 54.1 Å². The Bertz CT molecular complexity index is 807. The lowest BCUT2D eigenvalue weighted by molar-refractivity contribution is -0.132. The van der Waals surface area contributed by atoms with Crippen LogP contribution in [0, 0.1) is 11.3 Å². The van der Waals surface area contributed by atoms with Gasteiger partial charge in [0, 0.05) is 0 Å². The molecule has 0 amide bonds. The lowest BCUT2D eigenvalue weighted by Gasteiger charge is -2.11. The second-order valence-electron chi connectivity index (χ2n) is 4.90. The van der Waals surface area contributed by atoms with Gasteiger partial charge in [0.15, 0.2) is 11.5 Å². The van der Waals surface area contributed by atoms with E-state index in [9.17, 15) is 4.79 Å². The first-order valence-electron chi connectivity index (χ1n) is 7.48. The maximum atomic E-state index is 10.9. The average Bonchev–Trinajstić information content (AvgIpc) is 2.63. The number of benzene rings is 2. The number of carboxylic acid groups (broad SMARTS) is 1. The van der Waals surface area contributed by atoms with Crippen LogP contribution in [0.5, 0.6) is 17.2 Å². The SMILES string of the molecule is COc1ccccc1OCCOc1cccc(C=C(C#N)C(=O)O)c1. The number of ether oxygens (including phenoxy) is 3. The van der Waals surface area contributed by atoms with Crippen LogP contribution in [0.3, 0.4) is 0 Å². The predicted octanol–water partition coefficient (Wildman–Crippen LogP) is 3.14. The van der Waals surface area contributed by atoms with Gasteiger partial charge >= 0.3 is 5.97 Å². The number of carboxylic acids is 1. The molecule has 0 aliphatic rings. The molecule has 2 rings (SSSR count). The zero-order valence-corrected chi connectivity index (χ0v) is 13.6. The molecule has 0 fully saturated rings. The fourth-order valence-electron chi connectivity index (χ4n) is 2.05. The van der Waals surface area contributed by atoms with E-state index < -0.39 is 5.97 Å². The molecule has 0 aliphatic carbocycles. The van der Waals surface area contributed by atoms with Crippen molar-refractivity contribution < 1.29 is 24.1 Å². The van der Waals surface area contributed by atoms with Gasteiger partial charge in [-0.05, 0) is 35.9 Å². The van der Waals surface area contributed by atoms with Crippen LogP contribution >= 0.6 is 0 Å². The molecule has 0 aliphatic heterocycles. The summed E-state index contributed by atoms with van der Waals surface area (Å²) in [4.78, 5) is 10.9. The van der Waals surface area contributed by atoms with E-state index in [1.54, 1.807) is 49.6 Å².